The summed E-state index contributed by atoms with van der Waals surface area (Å²) < 4.78 is 56.8. The SMILES string of the molecule is CNC(=O)N[C@H]1[C@H](C(F)(F)F)CC=C2[C@@H]1CCC1=Cc3c(cnn3-c3ccc(F)cc3)C[C@@]12C. The number of halogens is 4. The molecule has 1 heterocycles. The molecule has 1 saturated carbocycles. The van der Waals surface area contributed by atoms with Crippen molar-refractivity contribution >= 4 is 12.1 Å². The summed E-state index contributed by atoms with van der Waals surface area (Å²) in [5.74, 6) is -2.34. The highest BCUT2D eigenvalue weighted by molar-refractivity contribution is 5.74. The Balaban J connectivity index is 1.52. The van der Waals surface area contributed by atoms with Crippen molar-refractivity contribution in [3.05, 3.63) is 64.8 Å². The summed E-state index contributed by atoms with van der Waals surface area (Å²) >= 11 is 0. The van der Waals surface area contributed by atoms with Crippen molar-refractivity contribution in [2.45, 2.75) is 44.8 Å². The lowest BCUT2D eigenvalue weighted by Gasteiger charge is -2.51. The molecule has 180 valence electrons. The number of allylic oxidation sites excluding steroid dienone is 2. The highest BCUT2D eigenvalue weighted by Crippen LogP contribution is 2.57. The lowest BCUT2D eigenvalue weighted by molar-refractivity contribution is -0.186. The summed E-state index contributed by atoms with van der Waals surface area (Å²) in [7, 11) is 1.40. The molecule has 1 aromatic carbocycles. The highest BCUT2D eigenvalue weighted by atomic mass is 19.4. The topological polar surface area (TPSA) is 59.0 Å². The van der Waals surface area contributed by atoms with Crippen LogP contribution in [0.5, 0.6) is 0 Å². The Labute approximate surface area is 194 Å². The third-order valence-electron chi connectivity index (χ3n) is 7.69. The summed E-state index contributed by atoms with van der Waals surface area (Å²) in [4.78, 5) is 12.1. The lowest BCUT2D eigenvalue weighted by Crippen LogP contribution is -2.56. The number of nitrogens with one attached hydrogen (secondary N) is 2. The van der Waals surface area contributed by atoms with Crippen LogP contribution in [-0.4, -0.2) is 35.1 Å². The van der Waals surface area contributed by atoms with Gasteiger partial charge in [0.15, 0.2) is 0 Å². The van der Waals surface area contributed by atoms with Gasteiger partial charge in [-0.1, -0.05) is 24.1 Å². The predicted molar refractivity (Wildman–Crippen MR) is 120 cm³/mol. The molecular weight excluding hydrogens is 448 g/mol. The molecule has 0 bridgehead atoms. The largest absolute Gasteiger partial charge is 0.394 e. The molecule has 1 fully saturated rings. The number of urea groups is 1. The molecule has 5 nitrogen and oxygen atoms in total. The first-order valence-corrected chi connectivity index (χ1v) is 11.4. The van der Waals surface area contributed by atoms with Gasteiger partial charge in [-0.2, -0.15) is 18.3 Å². The van der Waals surface area contributed by atoms with Gasteiger partial charge in [-0.15, -0.1) is 0 Å². The van der Waals surface area contributed by atoms with Crippen LogP contribution in [0.4, 0.5) is 22.4 Å². The molecule has 1 aromatic heterocycles. The van der Waals surface area contributed by atoms with Crippen molar-refractivity contribution in [1.29, 1.82) is 0 Å². The molecule has 9 heteroatoms. The summed E-state index contributed by atoms with van der Waals surface area (Å²) in [6.07, 6.45) is 2.83. The van der Waals surface area contributed by atoms with E-state index in [1.165, 1.54) is 19.2 Å². The van der Waals surface area contributed by atoms with E-state index in [9.17, 15) is 22.4 Å². The Hall–Kier alpha value is -3.10. The fourth-order valence-corrected chi connectivity index (χ4v) is 5.99. The smallest absolute Gasteiger partial charge is 0.341 e. The zero-order valence-electron chi connectivity index (χ0n) is 18.9. The molecule has 0 spiro atoms. The monoisotopic (exact) mass is 474 g/mol. The van der Waals surface area contributed by atoms with Gasteiger partial charge in [0.1, 0.15) is 5.82 Å². The first-order valence-electron chi connectivity index (χ1n) is 11.4. The van der Waals surface area contributed by atoms with Crippen molar-refractivity contribution in [3.8, 4) is 5.69 Å². The van der Waals surface area contributed by atoms with Gasteiger partial charge in [0.2, 0.25) is 0 Å². The number of carbonyl (C=O) groups is 1. The molecule has 0 radical (unpaired) electrons. The third-order valence-corrected chi connectivity index (χ3v) is 7.69. The van der Waals surface area contributed by atoms with Gasteiger partial charge in [0.05, 0.1) is 23.5 Å². The van der Waals surface area contributed by atoms with E-state index in [1.54, 1.807) is 29.1 Å². The number of aromatic nitrogens is 2. The number of benzene rings is 1. The minimum Gasteiger partial charge on any atom is -0.341 e. The van der Waals surface area contributed by atoms with Gasteiger partial charge in [0.25, 0.3) is 0 Å². The highest BCUT2D eigenvalue weighted by Gasteiger charge is 2.54. The normalized spacial score (nSPS) is 28.1. The first kappa shape index (κ1) is 22.7. The Bertz CT molecular complexity index is 1180. The van der Waals surface area contributed by atoms with Crippen LogP contribution in [0.1, 0.15) is 37.4 Å². The molecule has 0 unspecified atom stereocenters. The van der Waals surface area contributed by atoms with E-state index in [0.717, 1.165) is 28.1 Å². The summed E-state index contributed by atoms with van der Waals surface area (Å²) in [6, 6.07) is 4.50. The molecule has 34 heavy (non-hydrogen) atoms. The van der Waals surface area contributed by atoms with Crippen molar-refractivity contribution in [3.63, 3.8) is 0 Å². The molecule has 2 aromatic rings. The van der Waals surface area contributed by atoms with Crippen molar-refractivity contribution in [2.75, 3.05) is 7.05 Å². The van der Waals surface area contributed by atoms with Gasteiger partial charge >= 0.3 is 12.2 Å². The third kappa shape index (κ3) is 3.61. The zero-order chi connectivity index (χ0) is 24.3. The van der Waals surface area contributed by atoms with Gasteiger partial charge in [-0.05, 0) is 61.6 Å². The van der Waals surface area contributed by atoms with Crippen LogP contribution in [0.3, 0.4) is 0 Å². The molecule has 3 aliphatic carbocycles. The fourth-order valence-electron chi connectivity index (χ4n) is 5.99. The van der Waals surface area contributed by atoms with Crippen LogP contribution in [-0.2, 0) is 6.42 Å². The maximum Gasteiger partial charge on any atom is 0.394 e. The number of fused-ring (bicyclic) bond motifs is 4. The Kier molecular flexibility index (Phi) is 5.33. The molecule has 3 aliphatic rings. The summed E-state index contributed by atoms with van der Waals surface area (Å²) in [5.41, 5.74) is 4.33. The van der Waals surface area contributed by atoms with E-state index in [4.69, 9.17) is 0 Å². The van der Waals surface area contributed by atoms with Crippen molar-refractivity contribution in [1.82, 2.24) is 20.4 Å². The zero-order valence-corrected chi connectivity index (χ0v) is 18.9. The Morgan fingerprint density at radius 3 is 2.65 bits per heavy atom. The molecule has 2 N–H and O–H groups in total. The molecule has 0 aliphatic heterocycles. The molecule has 4 atom stereocenters. The van der Waals surface area contributed by atoms with Crippen LogP contribution in [0.2, 0.25) is 0 Å². The lowest BCUT2D eigenvalue weighted by atomic mass is 9.55. The number of amides is 2. The summed E-state index contributed by atoms with van der Waals surface area (Å²) in [6.45, 7) is 2.08. The second-order valence-electron chi connectivity index (χ2n) is 9.56. The van der Waals surface area contributed by atoms with E-state index < -0.39 is 35.5 Å². The maximum absolute atomic E-state index is 13.9. The number of hydrogen-bond donors (Lipinski definition) is 2. The van der Waals surface area contributed by atoms with Gasteiger partial charge in [-0.3, -0.25) is 0 Å². The number of hydrogen-bond acceptors (Lipinski definition) is 2. The van der Waals surface area contributed by atoms with Crippen molar-refractivity contribution < 1.29 is 22.4 Å². The molecular formula is C25H26F4N4O. The standard InChI is InChI=1S/C25H26F4N4O/c1-24-12-14-13-31-33(17-6-4-16(26)5-7-17)21(14)11-15(24)3-8-18-19(24)9-10-20(25(27,28)29)22(18)32-23(34)30-2/h4-7,9,11,13,18,20,22H,3,8,10,12H2,1-2H3,(H2,30,32,34)/t18-,20+,22+,24-/m0/s1. The van der Waals surface area contributed by atoms with E-state index in [2.05, 4.69) is 28.7 Å². The quantitative estimate of drug-likeness (QED) is 0.466. The Morgan fingerprint density at radius 2 is 1.97 bits per heavy atom. The van der Waals surface area contributed by atoms with Gasteiger partial charge < -0.3 is 10.6 Å². The van der Waals surface area contributed by atoms with Crippen LogP contribution in [0.15, 0.2) is 47.7 Å². The summed E-state index contributed by atoms with van der Waals surface area (Å²) in [5, 5.41) is 9.52. The predicted octanol–water partition coefficient (Wildman–Crippen LogP) is 5.17. The van der Waals surface area contributed by atoms with Crippen LogP contribution in [0.25, 0.3) is 11.8 Å². The molecule has 5 rings (SSSR count). The second kappa shape index (κ2) is 7.99. The van der Waals surface area contributed by atoms with E-state index in [0.29, 0.717) is 19.3 Å². The van der Waals surface area contributed by atoms with Gasteiger partial charge in [-0.25, -0.2) is 13.9 Å². The Morgan fingerprint density at radius 1 is 1.24 bits per heavy atom. The van der Waals surface area contributed by atoms with E-state index in [-0.39, 0.29) is 12.2 Å². The minimum absolute atomic E-state index is 0.158. The number of carbonyl (C=O) groups excluding carboxylic acids is 1. The van der Waals surface area contributed by atoms with E-state index in [1.807, 2.05) is 0 Å². The van der Waals surface area contributed by atoms with Crippen LogP contribution >= 0.6 is 0 Å². The minimum atomic E-state index is -4.40. The molecule has 0 saturated heterocycles. The van der Waals surface area contributed by atoms with Crippen LogP contribution < -0.4 is 10.6 Å². The fraction of sp³-hybridized carbons (Fsp3) is 0.440. The van der Waals surface area contributed by atoms with Crippen molar-refractivity contribution in [2.24, 2.45) is 17.3 Å². The van der Waals surface area contributed by atoms with E-state index >= 15 is 0 Å². The molecule has 2 amide bonds. The number of nitrogens with zero attached hydrogens (tertiary/aromatic N) is 2. The second-order valence-corrected chi connectivity index (χ2v) is 9.56. The van der Waals surface area contributed by atoms with Gasteiger partial charge in [0, 0.05) is 24.4 Å². The number of rotatable bonds is 2. The maximum atomic E-state index is 13.9. The average Bonchev–Trinajstić information content (AvgIpc) is 3.19. The number of alkyl halides is 3. The van der Waals surface area contributed by atoms with Crippen LogP contribution in [0, 0.1) is 23.1 Å². The first-order chi connectivity index (χ1) is 16.1. The average molecular weight is 475 g/mol.